The van der Waals surface area contributed by atoms with E-state index >= 15 is 0 Å². The second kappa shape index (κ2) is 4.28. The average molecular weight is 202 g/mol. The van der Waals surface area contributed by atoms with Crippen LogP contribution < -0.4 is 10.6 Å². The van der Waals surface area contributed by atoms with Gasteiger partial charge in [0.05, 0.1) is 11.9 Å². The van der Waals surface area contributed by atoms with Gasteiger partial charge >= 0.3 is 0 Å². The Morgan fingerprint density at radius 2 is 2.13 bits per heavy atom. The lowest BCUT2D eigenvalue weighted by atomic mass is 10.1. The van der Waals surface area contributed by atoms with Crippen LogP contribution in [0.25, 0.3) is 0 Å². The summed E-state index contributed by atoms with van der Waals surface area (Å²) in [6.45, 7) is 1.96. The molecular formula is C11H14N4. The molecule has 0 unspecified atom stereocenters. The minimum Gasteiger partial charge on any atom is -0.370 e. The zero-order valence-corrected chi connectivity index (χ0v) is 8.56. The van der Waals surface area contributed by atoms with E-state index in [4.69, 9.17) is 11.0 Å². The Hall–Kier alpha value is -1.60. The molecule has 0 bridgehead atoms. The fourth-order valence-electron chi connectivity index (χ4n) is 1.80. The highest BCUT2D eigenvalue weighted by molar-refractivity contribution is 5.46. The summed E-state index contributed by atoms with van der Waals surface area (Å²) in [5.74, 6) is 0. The van der Waals surface area contributed by atoms with Crippen molar-refractivity contribution < 1.29 is 0 Å². The van der Waals surface area contributed by atoms with Gasteiger partial charge in [-0.1, -0.05) is 0 Å². The number of hydrogen-bond acceptors (Lipinski definition) is 4. The molecular weight excluding hydrogens is 188 g/mol. The molecule has 1 aromatic heterocycles. The summed E-state index contributed by atoms with van der Waals surface area (Å²) in [5.41, 5.74) is 7.38. The molecule has 4 nitrogen and oxygen atoms in total. The summed E-state index contributed by atoms with van der Waals surface area (Å²) in [6, 6.07) is 6.06. The Labute approximate surface area is 89.3 Å². The molecule has 4 heteroatoms. The fraction of sp³-hybridized carbons (Fsp3) is 0.455. The van der Waals surface area contributed by atoms with Gasteiger partial charge in [-0.05, 0) is 25.0 Å². The number of nitriles is 1. The first-order chi connectivity index (χ1) is 7.29. The van der Waals surface area contributed by atoms with E-state index in [9.17, 15) is 0 Å². The Balaban J connectivity index is 2.07. The van der Waals surface area contributed by atoms with Crippen molar-refractivity contribution in [2.75, 3.05) is 18.0 Å². The smallest absolute Gasteiger partial charge is 0.140 e. The largest absolute Gasteiger partial charge is 0.370 e. The monoisotopic (exact) mass is 202 g/mol. The third kappa shape index (κ3) is 2.25. The average Bonchev–Trinajstić information content (AvgIpc) is 2.30. The van der Waals surface area contributed by atoms with Crippen LogP contribution in [0.1, 0.15) is 18.5 Å². The maximum Gasteiger partial charge on any atom is 0.140 e. The standard InChI is InChI=1S/C11H14N4/c12-7-10-1-2-11(8-14-10)15-5-3-9(13)4-6-15/h1-2,8-9H,3-6,13H2. The van der Waals surface area contributed by atoms with Gasteiger partial charge in [0.1, 0.15) is 11.8 Å². The first-order valence-electron chi connectivity index (χ1n) is 5.16. The normalized spacial score (nSPS) is 17.5. The minimum atomic E-state index is 0.340. The van der Waals surface area contributed by atoms with Crippen LogP contribution >= 0.6 is 0 Å². The van der Waals surface area contributed by atoms with Crippen LogP contribution in [0.15, 0.2) is 18.3 Å². The van der Waals surface area contributed by atoms with Gasteiger partial charge in [-0.25, -0.2) is 4.98 Å². The van der Waals surface area contributed by atoms with Crippen molar-refractivity contribution in [2.24, 2.45) is 5.73 Å². The molecule has 2 rings (SSSR count). The predicted molar refractivity (Wildman–Crippen MR) is 58.4 cm³/mol. The zero-order chi connectivity index (χ0) is 10.7. The quantitative estimate of drug-likeness (QED) is 0.734. The number of anilines is 1. The number of nitrogens with zero attached hydrogens (tertiary/aromatic N) is 3. The van der Waals surface area contributed by atoms with Crippen molar-refractivity contribution in [3.05, 3.63) is 24.0 Å². The number of nitrogens with two attached hydrogens (primary N) is 1. The molecule has 1 aliphatic heterocycles. The molecule has 1 aliphatic rings. The molecule has 1 aromatic rings. The third-order valence-corrected chi connectivity index (χ3v) is 2.77. The SMILES string of the molecule is N#Cc1ccc(N2CCC(N)CC2)cn1. The van der Waals surface area contributed by atoms with Crippen molar-refractivity contribution in [1.29, 1.82) is 5.26 Å². The van der Waals surface area contributed by atoms with E-state index < -0.39 is 0 Å². The summed E-state index contributed by atoms with van der Waals surface area (Å²) < 4.78 is 0. The van der Waals surface area contributed by atoms with E-state index in [1.165, 1.54) is 0 Å². The summed E-state index contributed by atoms with van der Waals surface area (Å²) in [4.78, 5) is 6.32. The number of pyridine rings is 1. The van der Waals surface area contributed by atoms with Gasteiger partial charge in [0.2, 0.25) is 0 Å². The van der Waals surface area contributed by atoms with Gasteiger partial charge in [-0.3, -0.25) is 0 Å². The molecule has 0 saturated carbocycles. The van der Waals surface area contributed by atoms with E-state index in [0.29, 0.717) is 11.7 Å². The van der Waals surface area contributed by atoms with Gasteiger partial charge < -0.3 is 10.6 Å². The van der Waals surface area contributed by atoms with Gasteiger partial charge in [-0.2, -0.15) is 5.26 Å². The number of hydrogen-bond donors (Lipinski definition) is 1. The van der Waals surface area contributed by atoms with Crippen LogP contribution in [0, 0.1) is 11.3 Å². The lowest BCUT2D eigenvalue weighted by Crippen LogP contribution is -2.39. The van der Waals surface area contributed by atoms with Crippen LogP contribution in [0.5, 0.6) is 0 Å². The lowest BCUT2D eigenvalue weighted by molar-refractivity contribution is 0.501. The van der Waals surface area contributed by atoms with Crippen molar-refractivity contribution in [1.82, 2.24) is 4.98 Å². The van der Waals surface area contributed by atoms with E-state index in [1.807, 2.05) is 12.1 Å². The maximum atomic E-state index is 8.63. The van der Waals surface area contributed by atoms with Crippen LogP contribution in [0.2, 0.25) is 0 Å². The second-order valence-electron chi connectivity index (χ2n) is 3.84. The van der Waals surface area contributed by atoms with Crippen LogP contribution in [0.4, 0.5) is 5.69 Å². The van der Waals surface area contributed by atoms with Gasteiger partial charge in [0, 0.05) is 19.1 Å². The van der Waals surface area contributed by atoms with E-state index in [2.05, 4.69) is 9.88 Å². The van der Waals surface area contributed by atoms with Crippen LogP contribution in [-0.4, -0.2) is 24.1 Å². The molecule has 2 N–H and O–H groups in total. The molecule has 0 radical (unpaired) electrons. The Bertz CT molecular complexity index is 357. The molecule has 0 amide bonds. The Morgan fingerprint density at radius 1 is 1.40 bits per heavy atom. The van der Waals surface area contributed by atoms with E-state index in [-0.39, 0.29) is 0 Å². The molecule has 0 aromatic carbocycles. The zero-order valence-electron chi connectivity index (χ0n) is 8.56. The van der Waals surface area contributed by atoms with Crippen LogP contribution in [-0.2, 0) is 0 Å². The number of aromatic nitrogens is 1. The van der Waals surface area contributed by atoms with Crippen molar-refractivity contribution in [2.45, 2.75) is 18.9 Å². The molecule has 2 heterocycles. The third-order valence-electron chi connectivity index (χ3n) is 2.77. The van der Waals surface area contributed by atoms with Crippen molar-refractivity contribution >= 4 is 5.69 Å². The Morgan fingerprint density at radius 3 is 2.67 bits per heavy atom. The van der Waals surface area contributed by atoms with E-state index in [1.54, 1.807) is 12.3 Å². The van der Waals surface area contributed by atoms with Gasteiger partial charge in [-0.15, -0.1) is 0 Å². The fourth-order valence-corrected chi connectivity index (χ4v) is 1.80. The van der Waals surface area contributed by atoms with Gasteiger partial charge in [0.25, 0.3) is 0 Å². The highest BCUT2D eigenvalue weighted by Crippen LogP contribution is 2.18. The molecule has 0 aliphatic carbocycles. The molecule has 0 spiro atoms. The molecule has 78 valence electrons. The molecule has 1 saturated heterocycles. The summed E-state index contributed by atoms with van der Waals surface area (Å²) in [6.07, 6.45) is 3.81. The summed E-state index contributed by atoms with van der Waals surface area (Å²) in [5, 5.41) is 8.63. The first-order valence-corrected chi connectivity index (χ1v) is 5.16. The number of piperidine rings is 1. The minimum absolute atomic E-state index is 0.340. The summed E-state index contributed by atoms with van der Waals surface area (Å²) in [7, 11) is 0. The van der Waals surface area contributed by atoms with Crippen molar-refractivity contribution in [3.63, 3.8) is 0 Å². The highest BCUT2D eigenvalue weighted by Gasteiger charge is 2.16. The van der Waals surface area contributed by atoms with Crippen molar-refractivity contribution in [3.8, 4) is 6.07 Å². The molecule has 15 heavy (non-hydrogen) atoms. The topological polar surface area (TPSA) is 65.9 Å². The first kappa shape index (κ1) is 9.94. The lowest BCUT2D eigenvalue weighted by Gasteiger charge is -2.31. The van der Waals surface area contributed by atoms with Gasteiger partial charge in [0.15, 0.2) is 0 Å². The molecule has 1 fully saturated rings. The summed E-state index contributed by atoms with van der Waals surface area (Å²) >= 11 is 0. The maximum absolute atomic E-state index is 8.63. The highest BCUT2D eigenvalue weighted by atomic mass is 15.1. The van der Waals surface area contributed by atoms with Crippen LogP contribution in [0.3, 0.4) is 0 Å². The molecule has 0 atom stereocenters. The predicted octanol–water partition coefficient (Wildman–Crippen LogP) is 0.881. The number of rotatable bonds is 1. The Kier molecular flexibility index (Phi) is 2.84. The second-order valence-corrected chi connectivity index (χ2v) is 3.84. The van der Waals surface area contributed by atoms with E-state index in [0.717, 1.165) is 31.6 Å².